The maximum absolute atomic E-state index is 12.6. The normalized spacial score (nSPS) is 26.3. The van der Waals surface area contributed by atoms with Crippen molar-refractivity contribution in [2.24, 2.45) is 0 Å². The SMILES string of the molecule is C[C@@]1(c2ccccc2C(F)(F)F)CO1. The van der Waals surface area contributed by atoms with E-state index in [1.165, 1.54) is 12.1 Å². The second-order valence-electron chi connectivity index (χ2n) is 3.56. The molecule has 1 aliphatic rings. The van der Waals surface area contributed by atoms with Crippen molar-refractivity contribution in [3.63, 3.8) is 0 Å². The third kappa shape index (κ3) is 1.50. The zero-order valence-electron chi connectivity index (χ0n) is 7.56. The summed E-state index contributed by atoms with van der Waals surface area (Å²) in [4.78, 5) is 0. The number of benzene rings is 1. The summed E-state index contributed by atoms with van der Waals surface area (Å²) in [6.07, 6.45) is -4.30. The minimum atomic E-state index is -4.30. The zero-order valence-corrected chi connectivity index (χ0v) is 7.56. The Balaban J connectivity index is 2.50. The molecule has 0 amide bonds. The van der Waals surface area contributed by atoms with Gasteiger partial charge in [-0.1, -0.05) is 18.2 Å². The van der Waals surface area contributed by atoms with Crippen LogP contribution in [0.25, 0.3) is 0 Å². The summed E-state index contributed by atoms with van der Waals surface area (Å²) in [5.41, 5.74) is -1.10. The summed E-state index contributed by atoms with van der Waals surface area (Å²) in [7, 11) is 0. The first kappa shape index (κ1) is 9.52. The summed E-state index contributed by atoms with van der Waals surface area (Å²) < 4.78 is 42.7. The van der Waals surface area contributed by atoms with E-state index in [0.29, 0.717) is 6.61 Å². The van der Waals surface area contributed by atoms with E-state index in [1.54, 1.807) is 13.0 Å². The van der Waals surface area contributed by atoms with Gasteiger partial charge in [0, 0.05) is 0 Å². The second kappa shape index (κ2) is 2.73. The highest BCUT2D eigenvalue weighted by Gasteiger charge is 2.47. The minimum absolute atomic E-state index is 0.229. The number of hydrogen-bond acceptors (Lipinski definition) is 1. The Hall–Kier alpha value is -1.03. The topological polar surface area (TPSA) is 12.5 Å². The zero-order chi connectivity index (χ0) is 10.4. The lowest BCUT2D eigenvalue weighted by atomic mass is 9.96. The van der Waals surface area contributed by atoms with Crippen LogP contribution in [0, 0.1) is 0 Å². The Labute approximate surface area is 79.5 Å². The van der Waals surface area contributed by atoms with Crippen LogP contribution in [0.1, 0.15) is 18.1 Å². The molecule has 14 heavy (non-hydrogen) atoms. The van der Waals surface area contributed by atoms with Crippen molar-refractivity contribution in [1.29, 1.82) is 0 Å². The van der Waals surface area contributed by atoms with Crippen molar-refractivity contribution in [3.8, 4) is 0 Å². The summed E-state index contributed by atoms with van der Waals surface area (Å²) in [6, 6.07) is 5.54. The Morgan fingerprint density at radius 1 is 1.29 bits per heavy atom. The summed E-state index contributed by atoms with van der Waals surface area (Å²) >= 11 is 0. The van der Waals surface area contributed by atoms with Crippen molar-refractivity contribution in [1.82, 2.24) is 0 Å². The van der Waals surface area contributed by atoms with E-state index in [1.807, 2.05) is 0 Å². The fourth-order valence-corrected chi connectivity index (χ4v) is 1.46. The quantitative estimate of drug-likeness (QED) is 0.638. The summed E-state index contributed by atoms with van der Waals surface area (Å²) in [5, 5.41) is 0. The number of hydrogen-bond donors (Lipinski definition) is 0. The molecule has 0 unspecified atom stereocenters. The highest BCUT2D eigenvalue weighted by molar-refractivity contribution is 5.36. The van der Waals surface area contributed by atoms with Gasteiger partial charge in [0.15, 0.2) is 0 Å². The van der Waals surface area contributed by atoms with Crippen LogP contribution >= 0.6 is 0 Å². The molecule has 1 nitrogen and oxygen atoms in total. The maximum atomic E-state index is 12.6. The number of rotatable bonds is 1. The standard InChI is InChI=1S/C10H9F3O/c1-9(6-14-9)7-4-2-3-5-8(7)10(11,12)13/h2-5H,6H2,1H3/t9-/m0/s1. The van der Waals surface area contributed by atoms with Gasteiger partial charge in [-0.25, -0.2) is 0 Å². The number of halogens is 3. The molecule has 1 fully saturated rings. The Bertz CT molecular complexity index is 328. The molecule has 1 atom stereocenters. The Morgan fingerprint density at radius 3 is 2.36 bits per heavy atom. The first-order chi connectivity index (χ1) is 6.43. The molecule has 0 radical (unpaired) electrons. The monoisotopic (exact) mass is 202 g/mol. The lowest BCUT2D eigenvalue weighted by Gasteiger charge is -2.14. The van der Waals surface area contributed by atoms with Gasteiger partial charge in [-0.05, 0) is 18.6 Å². The van der Waals surface area contributed by atoms with E-state index in [2.05, 4.69) is 0 Å². The first-order valence-corrected chi connectivity index (χ1v) is 4.24. The molecule has 1 aliphatic heterocycles. The van der Waals surface area contributed by atoms with Gasteiger partial charge in [-0.3, -0.25) is 0 Å². The van der Waals surface area contributed by atoms with Crippen molar-refractivity contribution >= 4 is 0 Å². The van der Waals surface area contributed by atoms with Crippen LogP contribution in [0.5, 0.6) is 0 Å². The van der Waals surface area contributed by atoms with Crippen LogP contribution in [0.15, 0.2) is 24.3 Å². The third-order valence-corrected chi connectivity index (χ3v) is 2.38. The molecule has 2 rings (SSSR count). The number of epoxide rings is 1. The Kier molecular flexibility index (Phi) is 1.86. The lowest BCUT2D eigenvalue weighted by molar-refractivity contribution is -0.138. The van der Waals surface area contributed by atoms with Crippen LogP contribution in [-0.2, 0) is 16.5 Å². The lowest BCUT2D eigenvalue weighted by Crippen LogP contribution is -2.14. The fraction of sp³-hybridized carbons (Fsp3) is 0.400. The van der Waals surface area contributed by atoms with E-state index in [-0.39, 0.29) is 5.56 Å². The summed E-state index contributed by atoms with van der Waals surface area (Å²) in [6.45, 7) is 2.03. The smallest absolute Gasteiger partial charge is 0.365 e. The van der Waals surface area contributed by atoms with Crippen LogP contribution in [-0.4, -0.2) is 6.61 Å². The molecule has 4 heteroatoms. The molecule has 0 N–H and O–H groups in total. The molecule has 0 aromatic heterocycles. The van der Waals surface area contributed by atoms with Gasteiger partial charge in [0.2, 0.25) is 0 Å². The molecule has 0 bridgehead atoms. The van der Waals surface area contributed by atoms with Gasteiger partial charge in [0.25, 0.3) is 0 Å². The fourth-order valence-electron chi connectivity index (χ4n) is 1.46. The molecule has 1 aromatic rings. The molecular formula is C10H9F3O. The predicted octanol–water partition coefficient (Wildman–Crippen LogP) is 2.95. The van der Waals surface area contributed by atoms with Gasteiger partial charge in [0.1, 0.15) is 5.60 Å². The van der Waals surface area contributed by atoms with Crippen LogP contribution < -0.4 is 0 Å². The van der Waals surface area contributed by atoms with Gasteiger partial charge in [-0.2, -0.15) is 13.2 Å². The van der Waals surface area contributed by atoms with Crippen LogP contribution in [0.4, 0.5) is 13.2 Å². The molecule has 0 aliphatic carbocycles. The van der Waals surface area contributed by atoms with Crippen molar-refractivity contribution in [2.75, 3.05) is 6.61 Å². The molecule has 1 aromatic carbocycles. The van der Waals surface area contributed by atoms with E-state index < -0.39 is 17.3 Å². The molecule has 0 saturated carbocycles. The highest BCUT2D eigenvalue weighted by atomic mass is 19.4. The highest BCUT2D eigenvalue weighted by Crippen LogP contribution is 2.44. The predicted molar refractivity (Wildman–Crippen MR) is 44.7 cm³/mol. The number of alkyl halides is 3. The van der Waals surface area contributed by atoms with Crippen molar-refractivity contribution in [3.05, 3.63) is 35.4 Å². The van der Waals surface area contributed by atoms with E-state index in [0.717, 1.165) is 6.07 Å². The third-order valence-electron chi connectivity index (χ3n) is 2.38. The largest absolute Gasteiger partial charge is 0.416 e. The average molecular weight is 202 g/mol. The second-order valence-corrected chi connectivity index (χ2v) is 3.56. The van der Waals surface area contributed by atoms with Gasteiger partial charge >= 0.3 is 6.18 Å². The molecule has 1 saturated heterocycles. The van der Waals surface area contributed by atoms with Gasteiger partial charge in [-0.15, -0.1) is 0 Å². The van der Waals surface area contributed by atoms with Crippen LogP contribution in [0.3, 0.4) is 0 Å². The van der Waals surface area contributed by atoms with Gasteiger partial charge in [0.05, 0.1) is 12.2 Å². The number of ether oxygens (including phenoxy) is 1. The molecular weight excluding hydrogens is 193 g/mol. The van der Waals surface area contributed by atoms with E-state index in [4.69, 9.17) is 4.74 Å². The first-order valence-electron chi connectivity index (χ1n) is 4.24. The van der Waals surface area contributed by atoms with Gasteiger partial charge < -0.3 is 4.74 Å². The molecule has 76 valence electrons. The maximum Gasteiger partial charge on any atom is 0.416 e. The summed E-state index contributed by atoms with van der Waals surface area (Å²) in [5.74, 6) is 0. The minimum Gasteiger partial charge on any atom is -0.365 e. The van der Waals surface area contributed by atoms with E-state index in [9.17, 15) is 13.2 Å². The van der Waals surface area contributed by atoms with E-state index >= 15 is 0 Å². The molecule has 1 heterocycles. The van der Waals surface area contributed by atoms with Crippen LogP contribution in [0.2, 0.25) is 0 Å². The van der Waals surface area contributed by atoms with Crippen molar-refractivity contribution < 1.29 is 17.9 Å². The molecule has 0 spiro atoms. The Morgan fingerprint density at radius 2 is 1.86 bits per heavy atom. The average Bonchev–Trinajstić information content (AvgIpc) is 2.84. The van der Waals surface area contributed by atoms with Crippen molar-refractivity contribution in [2.45, 2.75) is 18.7 Å².